The topological polar surface area (TPSA) is 7.12 Å². The van der Waals surface area contributed by atoms with Crippen molar-refractivity contribution in [3.05, 3.63) is 60.3 Å². The van der Waals surface area contributed by atoms with Gasteiger partial charge in [-0.25, -0.2) is 9.47 Å². The number of fused-ring (bicyclic) bond motifs is 6. The summed E-state index contributed by atoms with van der Waals surface area (Å²) in [5, 5.41) is 4.03. The average molecular weight is 261 g/mol. The number of rotatable bonds is 0. The van der Waals surface area contributed by atoms with Gasteiger partial charge in [-0.2, -0.15) is 0 Å². The molecule has 0 fully saturated rings. The molecule has 0 aliphatic carbocycles. The number of hydrogen-bond donors (Lipinski definition) is 0. The third-order valence-corrected chi connectivity index (χ3v) is 4.19. The van der Waals surface area contributed by atoms with Crippen LogP contribution in [-0.4, -0.2) is 7.05 Å². The van der Waals surface area contributed by atoms with E-state index >= 15 is 0 Å². The predicted molar refractivity (Wildman–Crippen MR) is 83.9 cm³/mol. The van der Waals surface area contributed by atoms with Crippen molar-refractivity contribution in [3.63, 3.8) is 0 Å². The fourth-order valence-electron chi connectivity index (χ4n) is 3.31. The van der Waals surface area contributed by atoms with Crippen LogP contribution >= 0.6 is 0 Å². The molecule has 98 valence electrons. The first-order valence-corrected chi connectivity index (χ1v) is 7.01. The van der Waals surface area contributed by atoms with Crippen molar-refractivity contribution in [1.82, 2.24) is 0 Å². The highest BCUT2D eigenvalue weighted by molar-refractivity contribution is 6.09. The van der Waals surface area contributed by atoms with Gasteiger partial charge in [0.05, 0.1) is 18.6 Å². The quantitative estimate of drug-likeness (QED) is 0.443. The molecule has 1 aliphatic rings. The third-order valence-electron chi connectivity index (χ3n) is 4.19. The van der Waals surface area contributed by atoms with Crippen LogP contribution < -0.4 is 9.47 Å². The molecule has 0 atom stereocenters. The summed E-state index contributed by atoms with van der Waals surface area (Å²) in [6.45, 7) is 3.13. The minimum absolute atomic E-state index is 0.935. The Morgan fingerprint density at radius 2 is 1.80 bits per heavy atom. The Morgan fingerprint density at radius 1 is 1.00 bits per heavy atom. The Labute approximate surface area is 118 Å². The molecule has 2 aromatic carbocycles. The molecule has 0 radical (unpaired) electrons. The van der Waals surface area contributed by atoms with Crippen LogP contribution in [0.15, 0.2) is 54.7 Å². The highest BCUT2D eigenvalue weighted by Gasteiger charge is 2.25. The zero-order valence-electron chi connectivity index (χ0n) is 11.8. The summed E-state index contributed by atoms with van der Waals surface area (Å²) in [6, 6.07) is 15.3. The summed E-state index contributed by atoms with van der Waals surface area (Å²) in [5.41, 5.74) is 2.64. The lowest BCUT2D eigenvalue weighted by molar-refractivity contribution is -0.648. The van der Waals surface area contributed by atoms with E-state index in [0.717, 1.165) is 6.54 Å². The average Bonchev–Trinajstić information content (AvgIpc) is 2.48. The third kappa shape index (κ3) is 1.42. The fourth-order valence-corrected chi connectivity index (χ4v) is 3.31. The smallest absolute Gasteiger partial charge is 0.237 e. The van der Waals surface area contributed by atoms with E-state index in [9.17, 15) is 0 Å². The molecular formula is C18H17N2+. The van der Waals surface area contributed by atoms with Gasteiger partial charge in [-0.15, -0.1) is 0 Å². The minimum atomic E-state index is 0.935. The highest BCUT2D eigenvalue weighted by atomic mass is 15.2. The van der Waals surface area contributed by atoms with Gasteiger partial charge in [0.25, 0.3) is 5.82 Å². The molecule has 2 heteroatoms. The summed E-state index contributed by atoms with van der Waals surface area (Å²) < 4.78 is 2.41. The van der Waals surface area contributed by atoms with E-state index in [1.807, 2.05) is 0 Å². The van der Waals surface area contributed by atoms with Crippen molar-refractivity contribution in [2.24, 2.45) is 0 Å². The fraction of sp³-hybridized carbons (Fsp3) is 0.167. The van der Waals surface area contributed by atoms with E-state index in [2.05, 4.69) is 78.2 Å². The van der Waals surface area contributed by atoms with Gasteiger partial charge in [-0.05, 0) is 24.6 Å². The molecule has 3 aromatic rings. The second-order valence-electron chi connectivity index (χ2n) is 5.44. The van der Waals surface area contributed by atoms with E-state index in [4.69, 9.17) is 0 Å². The second-order valence-corrected chi connectivity index (χ2v) is 5.44. The Bertz CT molecular complexity index is 862. The van der Waals surface area contributed by atoms with Gasteiger partial charge in [-0.1, -0.05) is 36.4 Å². The monoisotopic (exact) mass is 261 g/mol. The number of aromatic nitrogens is 1. The molecule has 0 N–H and O–H groups in total. The molecule has 0 saturated carbocycles. The molecule has 4 rings (SSSR count). The number of allylic oxidation sites excluding steroid dienone is 1. The molecule has 2 nitrogen and oxygen atoms in total. The predicted octanol–water partition coefficient (Wildman–Crippen LogP) is 3.55. The number of para-hydroxylation sites is 1. The standard InChI is InChI=1S/C18H17N2/c1-13-7-5-9-15-14-8-3-4-10-16(14)20-12-6-11-19(2)18(20)17(13)15/h3-11H,12H2,1-2H3/q+1. The van der Waals surface area contributed by atoms with E-state index in [0.29, 0.717) is 0 Å². The first-order chi connectivity index (χ1) is 9.77. The molecule has 0 spiro atoms. The van der Waals surface area contributed by atoms with Crippen molar-refractivity contribution in [3.8, 4) is 0 Å². The van der Waals surface area contributed by atoms with Crippen LogP contribution in [0.1, 0.15) is 5.56 Å². The minimum Gasteiger partial charge on any atom is -0.237 e. The van der Waals surface area contributed by atoms with Gasteiger partial charge >= 0.3 is 0 Å². The van der Waals surface area contributed by atoms with Crippen molar-refractivity contribution in [2.45, 2.75) is 13.5 Å². The maximum Gasteiger partial charge on any atom is 0.290 e. The summed E-state index contributed by atoms with van der Waals surface area (Å²) in [6.07, 6.45) is 4.37. The summed E-state index contributed by atoms with van der Waals surface area (Å²) >= 11 is 0. The molecule has 0 amide bonds. The molecule has 1 aliphatic heterocycles. The molecule has 20 heavy (non-hydrogen) atoms. The maximum absolute atomic E-state index is 2.41. The zero-order valence-corrected chi connectivity index (χ0v) is 11.8. The number of benzene rings is 2. The first kappa shape index (κ1) is 11.5. The number of nitrogens with zero attached hydrogens (tertiary/aromatic N) is 2. The first-order valence-electron chi connectivity index (χ1n) is 7.01. The van der Waals surface area contributed by atoms with Crippen molar-refractivity contribution >= 4 is 27.5 Å². The normalized spacial score (nSPS) is 14.0. The SMILES string of the molecule is Cc1cccc2c1c1[n+](c3ccccc23)CC=CN1C. The van der Waals surface area contributed by atoms with Crippen LogP contribution in [0, 0.1) is 6.92 Å². The number of pyridine rings is 1. The van der Waals surface area contributed by atoms with E-state index in [1.54, 1.807) is 0 Å². The lowest BCUT2D eigenvalue weighted by Gasteiger charge is -2.20. The second kappa shape index (κ2) is 4.07. The van der Waals surface area contributed by atoms with Gasteiger partial charge in [-0.3, -0.25) is 0 Å². The van der Waals surface area contributed by atoms with Gasteiger partial charge < -0.3 is 0 Å². The van der Waals surface area contributed by atoms with Gasteiger partial charge in [0.2, 0.25) is 0 Å². The van der Waals surface area contributed by atoms with E-state index in [-0.39, 0.29) is 0 Å². The molecule has 0 bridgehead atoms. The molecule has 2 heterocycles. The van der Waals surface area contributed by atoms with Crippen molar-refractivity contribution in [1.29, 1.82) is 0 Å². The van der Waals surface area contributed by atoms with Crippen molar-refractivity contribution in [2.75, 3.05) is 11.9 Å². The Kier molecular flexibility index (Phi) is 2.34. The number of aryl methyl sites for hydroxylation is 1. The lowest BCUT2D eigenvalue weighted by Crippen LogP contribution is -2.42. The van der Waals surface area contributed by atoms with E-state index in [1.165, 1.54) is 33.1 Å². The number of hydrogen-bond acceptors (Lipinski definition) is 1. The highest BCUT2D eigenvalue weighted by Crippen LogP contribution is 2.33. The van der Waals surface area contributed by atoms with Gasteiger partial charge in [0.15, 0.2) is 0 Å². The van der Waals surface area contributed by atoms with Crippen LogP contribution in [0.25, 0.3) is 21.7 Å². The maximum atomic E-state index is 2.41. The Balaban J connectivity index is 2.33. The van der Waals surface area contributed by atoms with Crippen LogP contribution in [0.4, 0.5) is 5.82 Å². The molecule has 0 saturated heterocycles. The van der Waals surface area contributed by atoms with Crippen LogP contribution in [0.3, 0.4) is 0 Å². The van der Waals surface area contributed by atoms with Crippen LogP contribution in [-0.2, 0) is 6.54 Å². The molecular weight excluding hydrogens is 244 g/mol. The summed E-state index contributed by atoms with van der Waals surface area (Å²) in [5.74, 6) is 1.29. The Morgan fingerprint density at radius 3 is 2.70 bits per heavy atom. The molecule has 1 aromatic heterocycles. The van der Waals surface area contributed by atoms with Crippen molar-refractivity contribution < 1.29 is 4.57 Å². The summed E-state index contributed by atoms with van der Waals surface area (Å²) in [4.78, 5) is 2.23. The zero-order chi connectivity index (χ0) is 13.7. The lowest BCUT2D eigenvalue weighted by atomic mass is 10.0. The van der Waals surface area contributed by atoms with E-state index < -0.39 is 0 Å². The molecule has 0 unspecified atom stereocenters. The van der Waals surface area contributed by atoms with Crippen LogP contribution in [0.5, 0.6) is 0 Å². The largest absolute Gasteiger partial charge is 0.290 e. The number of anilines is 1. The Hall–Kier alpha value is -2.35. The van der Waals surface area contributed by atoms with Gasteiger partial charge in [0, 0.05) is 10.8 Å². The van der Waals surface area contributed by atoms with Crippen LogP contribution in [0.2, 0.25) is 0 Å². The van der Waals surface area contributed by atoms with Gasteiger partial charge in [0.1, 0.15) is 12.1 Å². The summed E-state index contributed by atoms with van der Waals surface area (Å²) in [7, 11) is 2.13.